The van der Waals surface area contributed by atoms with Gasteiger partial charge in [-0.1, -0.05) is 5.10 Å². The van der Waals surface area contributed by atoms with Crippen molar-refractivity contribution in [3.63, 3.8) is 0 Å². The van der Waals surface area contributed by atoms with Gasteiger partial charge in [0.1, 0.15) is 0 Å². The smallest absolute Gasteiger partial charge is 0.327 e. The van der Waals surface area contributed by atoms with E-state index in [0.717, 1.165) is 5.00 Å². The highest BCUT2D eigenvalue weighted by Crippen LogP contribution is 2.20. The maximum atomic E-state index is 11.6. The van der Waals surface area contributed by atoms with Crippen LogP contribution >= 0.6 is 11.3 Å². The van der Waals surface area contributed by atoms with Gasteiger partial charge in [0.25, 0.3) is 5.89 Å². The molecule has 0 bridgehead atoms. The van der Waals surface area contributed by atoms with E-state index in [1.54, 1.807) is 18.2 Å². The van der Waals surface area contributed by atoms with Gasteiger partial charge in [0, 0.05) is 0 Å². The average molecular weight is 276 g/mol. The monoisotopic (exact) mass is 276 g/mol. The average Bonchev–Trinajstić information content (AvgIpc) is 3.09. The lowest BCUT2D eigenvalue weighted by Gasteiger charge is -2.00. The standard InChI is InChI=1S/C11H8N4O3S/c16-10(12-8-4-2-6-19-8)13-11-15-14-9(18-11)7-3-1-5-17-7/h1-6H,(H2,12,13,15,16). The normalized spacial score (nSPS) is 10.3. The molecule has 0 aliphatic rings. The first-order valence-corrected chi connectivity index (χ1v) is 6.18. The predicted molar refractivity (Wildman–Crippen MR) is 69.0 cm³/mol. The molecule has 0 saturated heterocycles. The number of anilines is 2. The van der Waals surface area contributed by atoms with Gasteiger partial charge in [-0.05, 0) is 29.6 Å². The van der Waals surface area contributed by atoms with Crippen LogP contribution in [0.4, 0.5) is 15.8 Å². The van der Waals surface area contributed by atoms with Crippen molar-refractivity contribution in [1.82, 2.24) is 10.2 Å². The Labute approximate surface area is 111 Å². The minimum absolute atomic E-state index is 0.000422. The Kier molecular flexibility index (Phi) is 2.99. The number of carbonyl (C=O) groups excluding carboxylic acids is 1. The number of urea groups is 1. The van der Waals surface area contributed by atoms with Gasteiger partial charge in [0.2, 0.25) is 0 Å². The van der Waals surface area contributed by atoms with Crippen LogP contribution in [0.5, 0.6) is 0 Å². The van der Waals surface area contributed by atoms with E-state index in [4.69, 9.17) is 8.83 Å². The number of carbonyl (C=O) groups is 1. The van der Waals surface area contributed by atoms with Crippen LogP contribution in [0.2, 0.25) is 0 Å². The molecule has 3 aromatic rings. The van der Waals surface area contributed by atoms with Gasteiger partial charge in [-0.3, -0.25) is 10.6 Å². The Morgan fingerprint density at radius 2 is 2.16 bits per heavy atom. The van der Waals surface area contributed by atoms with Crippen molar-refractivity contribution in [3.05, 3.63) is 35.9 Å². The van der Waals surface area contributed by atoms with E-state index in [9.17, 15) is 4.79 Å². The molecule has 2 N–H and O–H groups in total. The van der Waals surface area contributed by atoms with Crippen molar-refractivity contribution >= 4 is 28.4 Å². The minimum Gasteiger partial charge on any atom is -0.459 e. The van der Waals surface area contributed by atoms with E-state index in [2.05, 4.69) is 20.8 Å². The summed E-state index contributed by atoms with van der Waals surface area (Å²) < 4.78 is 10.3. The molecule has 8 heteroatoms. The Hall–Kier alpha value is -2.61. The topological polar surface area (TPSA) is 93.2 Å². The summed E-state index contributed by atoms with van der Waals surface area (Å²) >= 11 is 1.41. The lowest BCUT2D eigenvalue weighted by Crippen LogP contribution is -2.18. The maximum absolute atomic E-state index is 11.6. The molecule has 3 rings (SSSR count). The molecule has 0 fully saturated rings. The fraction of sp³-hybridized carbons (Fsp3) is 0. The quantitative estimate of drug-likeness (QED) is 0.766. The van der Waals surface area contributed by atoms with Gasteiger partial charge in [-0.2, -0.15) is 0 Å². The van der Waals surface area contributed by atoms with Gasteiger partial charge >= 0.3 is 12.0 Å². The maximum Gasteiger partial charge on any atom is 0.327 e. The van der Waals surface area contributed by atoms with Crippen LogP contribution in [-0.2, 0) is 0 Å². The number of thiophene rings is 1. The Balaban J connectivity index is 1.65. The number of hydrogen-bond donors (Lipinski definition) is 2. The lowest BCUT2D eigenvalue weighted by molar-refractivity contribution is 0.261. The molecule has 0 aliphatic heterocycles. The number of nitrogens with one attached hydrogen (secondary N) is 2. The summed E-state index contributed by atoms with van der Waals surface area (Å²) in [6.07, 6.45) is 1.50. The van der Waals surface area contributed by atoms with Crippen molar-refractivity contribution in [2.75, 3.05) is 10.6 Å². The zero-order valence-electron chi connectivity index (χ0n) is 9.49. The summed E-state index contributed by atoms with van der Waals surface area (Å²) in [5.41, 5.74) is 0. The second-order valence-corrected chi connectivity index (χ2v) is 4.39. The van der Waals surface area contributed by atoms with E-state index < -0.39 is 6.03 Å². The van der Waals surface area contributed by atoms with Crippen LogP contribution in [0.15, 0.2) is 44.7 Å². The highest BCUT2D eigenvalue weighted by molar-refractivity contribution is 7.14. The third-order valence-corrected chi connectivity index (χ3v) is 2.92. The summed E-state index contributed by atoms with van der Waals surface area (Å²) in [5.74, 6) is 0.649. The molecule has 3 aromatic heterocycles. The van der Waals surface area contributed by atoms with Gasteiger partial charge in [0.15, 0.2) is 5.76 Å². The number of hydrogen-bond acceptors (Lipinski definition) is 6. The van der Waals surface area contributed by atoms with Crippen LogP contribution < -0.4 is 10.6 Å². The second-order valence-electron chi connectivity index (χ2n) is 3.45. The van der Waals surface area contributed by atoms with Crippen LogP contribution in [0.3, 0.4) is 0 Å². The largest absolute Gasteiger partial charge is 0.459 e. The summed E-state index contributed by atoms with van der Waals surface area (Å²) in [7, 11) is 0. The van der Waals surface area contributed by atoms with Crippen molar-refractivity contribution < 1.29 is 13.6 Å². The summed E-state index contributed by atoms with van der Waals surface area (Å²) in [5, 5.41) is 15.1. The van der Waals surface area contributed by atoms with Gasteiger partial charge < -0.3 is 8.83 Å². The minimum atomic E-state index is -0.447. The van der Waals surface area contributed by atoms with E-state index in [1.165, 1.54) is 17.6 Å². The molecule has 96 valence electrons. The van der Waals surface area contributed by atoms with Crippen molar-refractivity contribution in [2.45, 2.75) is 0 Å². The third-order valence-electron chi connectivity index (χ3n) is 2.14. The first kappa shape index (κ1) is 11.5. The first-order valence-electron chi connectivity index (χ1n) is 5.30. The van der Waals surface area contributed by atoms with Crippen molar-refractivity contribution in [1.29, 1.82) is 0 Å². The van der Waals surface area contributed by atoms with Gasteiger partial charge in [-0.25, -0.2) is 4.79 Å². The predicted octanol–water partition coefficient (Wildman–Crippen LogP) is 3.04. The van der Waals surface area contributed by atoms with E-state index in [-0.39, 0.29) is 11.9 Å². The van der Waals surface area contributed by atoms with Crippen LogP contribution in [-0.4, -0.2) is 16.2 Å². The number of aromatic nitrogens is 2. The molecule has 19 heavy (non-hydrogen) atoms. The molecule has 0 spiro atoms. The van der Waals surface area contributed by atoms with Gasteiger partial charge in [-0.15, -0.1) is 16.4 Å². The zero-order chi connectivity index (χ0) is 13.1. The molecule has 2 amide bonds. The first-order chi connectivity index (χ1) is 9.31. The summed E-state index contributed by atoms with van der Waals surface area (Å²) in [6.45, 7) is 0. The van der Waals surface area contributed by atoms with Crippen molar-refractivity contribution in [3.8, 4) is 11.7 Å². The molecule has 3 heterocycles. The Morgan fingerprint density at radius 3 is 2.89 bits per heavy atom. The molecule has 0 saturated carbocycles. The van der Waals surface area contributed by atoms with E-state index >= 15 is 0 Å². The highest BCUT2D eigenvalue weighted by atomic mass is 32.1. The fourth-order valence-corrected chi connectivity index (χ4v) is 1.98. The molecule has 7 nitrogen and oxygen atoms in total. The Bertz CT molecular complexity index is 660. The van der Waals surface area contributed by atoms with Crippen LogP contribution in [0.1, 0.15) is 0 Å². The summed E-state index contributed by atoms with van der Waals surface area (Å²) in [4.78, 5) is 11.6. The molecule has 0 aliphatic carbocycles. The third kappa shape index (κ3) is 2.63. The molecular weight excluding hydrogens is 268 g/mol. The highest BCUT2D eigenvalue weighted by Gasteiger charge is 2.13. The number of nitrogens with zero attached hydrogens (tertiary/aromatic N) is 2. The lowest BCUT2D eigenvalue weighted by atomic mass is 10.5. The molecule has 0 unspecified atom stereocenters. The number of furan rings is 1. The zero-order valence-corrected chi connectivity index (χ0v) is 10.3. The second kappa shape index (κ2) is 4.94. The van der Waals surface area contributed by atoms with E-state index in [0.29, 0.717) is 5.76 Å². The van der Waals surface area contributed by atoms with Crippen molar-refractivity contribution in [2.24, 2.45) is 0 Å². The van der Waals surface area contributed by atoms with Crippen LogP contribution in [0, 0.1) is 0 Å². The molecule has 0 aromatic carbocycles. The molecule has 0 atom stereocenters. The van der Waals surface area contributed by atoms with E-state index in [1.807, 2.05) is 11.4 Å². The van der Waals surface area contributed by atoms with Gasteiger partial charge in [0.05, 0.1) is 11.3 Å². The fourth-order valence-electron chi connectivity index (χ4n) is 1.36. The number of amides is 2. The van der Waals surface area contributed by atoms with Crippen LogP contribution in [0.25, 0.3) is 11.7 Å². The summed E-state index contributed by atoms with van der Waals surface area (Å²) in [6, 6.07) is 6.56. The Morgan fingerprint density at radius 1 is 1.21 bits per heavy atom. The SMILES string of the molecule is O=C(Nc1nnc(-c2ccco2)o1)Nc1cccs1. The number of rotatable bonds is 3. The molecule has 0 radical (unpaired) electrons. The molecular formula is C11H8N4O3S.